The molecule has 0 amide bonds. The second-order valence-corrected chi connectivity index (χ2v) is 8.32. The minimum atomic E-state index is -3.62. The minimum absolute atomic E-state index is 0.206. The summed E-state index contributed by atoms with van der Waals surface area (Å²) in [6, 6.07) is 11.7. The number of piperazine rings is 1. The molecule has 28 heavy (non-hydrogen) atoms. The highest BCUT2D eigenvalue weighted by atomic mass is 32.2. The molecule has 0 spiro atoms. The largest absolute Gasteiger partial charge is 0.508 e. The zero-order chi connectivity index (χ0) is 20.1. The number of sulfonamides is 1. The maximum Gasteiger partial charge on any atom is 0.243 e. The monoisotopic (exact) mass is 406 g/mol. The summed E-state index contributed by atoms with van der Waals surface area (Å²) in [5, 5.41) is 9.42. The third-order valence-electron chi connectivity index (χ3n) is 4.61. The van der Waals surface area contributed by atoms with Crippen LogP contribution in [0.25, 0.3) is 0 Å². The average molecular weight is 407 g/mol. The van der Waals surface area contributed by atoms with Crippen molar-refractivity contribution in [2.24, 2.45) is 0 Å². The highest BCUT2D eigenvalue weighted by molar-refractivity contribution is 7.89. The van der Waals surface area contributed by atoms with E-state index in [0.29, 0.717) is 50.9 Å². The molecule has 0 unspecified atom stereocenters. The first-order valence-electron chi connectivity index (χ1n) is 9.39. The van der Waals surface area contributed by atoms with E-state index in [4.69, 9.17) is 9.47 Å². The Morgan fingerprint density at radius 2 is 1.50 bits per heavy atom. The van der Waals surface area contributed by atoms with Crippen molar-refractivity contribution in [3.05, 3.63) is 42.5 Å². The van der Waals surface area contributed by atoms with Crippen LogP contribution in [0.5, 0.6) is 17.2 Å². The Morgan fingerprint density at radius 3 is 2.11 bits per heavy atom. The summed E-state index contributed by atoms with van der Waals surface area (Å²) >= 11 is 0. The average Bonchev–Trinajstić information content (AvgIpc) is 2.70. The number of phenolic OH excluding ortho intramolecular Hbond substituents is 1. The van der Waals surface area contributed by atoms with Crippen LogP contribution in [0.4, 0.5) is 5.69 Å². The molecule has 2 aromatic carbocycles. The van der Waals surface area contributed by atoms with Gasteiger partial charge in [0, 0.05) is 37.9 Å². The van der Waals surface area contributed by atoms with Gasteiger partial charge in [0.15, 0.2) is 11.5 Å². The topological polar surface area (TPSA) is 79.3 Å². The van der Waals surface area contributed by atoms with Crippen LogP contribution in [-0.4, -0.2) is 57.2 Å². The van der Waals surface area contributed by atoms with Gasteiger partial charge in [-0.25, -0.2) is 8.42 Å². The van der Waals surface area contributed by atoms with Gasteiger partial charge >= 0.3 is 0 Å². The van der Waals surface area contributed by atoms with Crippen LogP contribution in [0, 0.1) is 0 Å². The highest BCUT2D eigenvalue weighted by Crippen LogP contribution is 2.32. The molecule has 1 heterocycles. The van der Waals surface area contributed by atoms with Gasteiger partial charge in [0.05, 0.1) is 18.1 Å². The van der Waals surface area contributed by atoms with E-state index in [1.165, 1.54) is 10.4 Å². The standard InChI is InChI=1S/C20H26N2O5S/c1-3-26-19-10-9-18(15-20(19)27-4-2)28(24,25)22-13-11-21(12-14-22)16-5-7-17(23)8-6-16/h5-10,15,23H,3-4,11-14H2,1-2H3. The Balaban J connectivity index is 1.74. The van der Waals surface area contributed by atoms with Crippen LogP contribution >= 0.6 is 0 Å². The van der Waals surface area contributed by atoms with Gasteiger partial charge in [-0.2, -0.15) is 4.31 Å². The van der Waals surface area contributed by atoms with Gasteiger partial charge in [-0.3, -0.25) is 0 Å². The summed E-state index contributed by atoms with van der Waals surface area (Å²) in [5.74, 6) is 1.19. The molecule has 1 aliphatic heterocycles. The first-order valence-corrected chi connectivity index (χ1v) is 10.8. The molecule has 0 bridgehead atoms. The maximum absolute atomic E-state index is 13.1. The van der Waals surface area contributed by atoms with E-state index in [0.717, 1.165) is 5.69 Å². The van der Waals surface area contributed by atoms with Crippen LogP contribution in [0.3, 0.4) is 0 Å². The molecule has 0 atom stereocenters. The molecule has 1 saturated heterocycles. The zero-order valence-electron chi connectivity index (χ0n) is 16.2. The van der Waals surface area contributed by atoms with Gasteiger partial charge in [-0.15, -0.1) is 0 Å². The predicted molar refractivity (Wildman–Crippen MR) is 108 cm³/mol. The van der Waals surface area contributed by atoms with Crippen LogP contribution in [0.2, 0.25) is 0 Å². The van der Waals surface area contributed by atoms with Crippen molar-refractivity contribution in [3.8, 4) is 17.2 Å². The fourth-order valence-electron chi connectivity index (χ4n) is 3.19. The summed E-state index contributed by atoms with van der Waals surface area (Å²) in [4.78, 5) is 2.31. The molecule has 8 heteroatoms. The first-order chi connectivity index (χ1) is 13.5. The van der Waals surface area contributed by atoms with E-state index in [1.807, 2.05) is 26.0 Å². The Hall–Kier alpha value is -2.45. The Labute approximate surface area is 166 Å². The first kappa shape index (κ1) is 20.3. The second kappa shape index (κ2) is 8.70. The summed E-state index contributed by atoms with van der Waals surface area (Å²) in [5.41, 5.74) is 0.967. The number of phenols is 1. The van der Waals surface area contributed by atoms with Crippen molar-refractivity contribution < 1.29 is 23.0 Å². The summed E-state index contributed by atoms with van der Waals surface area (Å²) < 4.78 is 38.7. The number of hydrogen-bond donors (Lipinski definition) is 1. The second-order valence-electron chi connectivity index (χ2n) is 6.38. The number of nitrogens with zero attached hydrogens (tertiary/aromatic N) is 2. The zero-order valence-corrected chi connectivity index (χ0v) is 17.0. The van der Waals surface area contributed by atoms with Crippen molar-refractivity contribution in [2.75, 3.05) is 44.3 Å². The van der Waals surface area contributed by atoms with Crippen LogP contribution in [0.15, 0.2) is 47.4 Å². The number of benzene rings is 2. The van der Waals surface area contributed by atoms with Gasteiger partial charge < -0.3 is 19.5 Å². The molecule has 1 N–H and O–H groups in total. The number of aromatic hydroxyl groups is 1. The van der Waals surface area contributed by atoms with Crippen molar-refractivity contribution in [1.29, 1.82) is 0 Å². The molecule has 2 aromatic rings. The Kier molecular flexibility index (Phi) is 6.31. The van der Waals surface area contributed by atoms with Gasteiger partial charge in [-0.05, 0) is 50.2 Å². The van der Waals surface area contributed by atoms with Gasteiger partial charge in [-0.1, -0.05) is 0 Å². The van der Waals surface area contributed by atoms with Crippen molar-refractivity contribution in [3.63, 3.8) is 0 Å². The SMILES string of the molecule is CCOc1ccc(S(=O)(=O)N2CCN(c3ccc(O)cc3)CC2)cc1OCC. The number of ether oxygens (including phenoxy) is 2. The van der Waals surface area contributed by atoms with Crippen LogP contribution in [0.1, 0.15) is 13.8 Å². The number of rotatable bonds is 7. The molecule has 0 saturated carbocycles. The van der Waals surface area contributed by atoms with Crippen LogP contribution in [-0.2, 0) is 10.0 Å². The molecule has 0 radical (unpaired) electrons. The fourth-order valence-corrected chi connectivity index (χ4v) is 4.63. The van der Waals surface area contributed by atoms with Gasteiger partial charge in [0.2, 0.25) is 10.0 Å². The maximum atomic E-state index is 13.1. The molecule has 152 valence electrons. The predicted octanol–water partition coefficient (Wildman–Crippen LogP) is 2.70. The smallest absolute Gasteiger partial charge is 0.243 e. The van der Waals surface area contributed by atoms with E-state index < -0.39 is 10.0 Å². The van der Waals surface area contributed by atoms with E-state index in [2.05, 4.69) is 4.90 Å². The third kappa shape index (κ3) is 4.34. The van der Waals surface area contributed by atoms with Crippen molar-refractivity contribution >= 4 is 15.7 Å². The lowest BCUT2D eigenvalue weighted by Gasteiger charge is -2.35. The minimum Gasteiger partial charge on any atom is -0.508 e. The lowest BCUT2D eigenvalue weighted by Crippen LogP contribution is -2.48. The Morgan fingerprint density at radius 1 is 0.893 bits per heavy atom. The number of hydrogen-bond acceptors (Lipinski definition) is 6. The summed E-state index contributed by atoms with van der Waals surface area (Å²) in [6.45, 7) is 6.56. The van der Waals surface area contributed by atoms with Crippen molar-refractivity contribution in [1.82, 2.24) is 4.31 Å². The quantitative estimate of drug-likeness (QED) is 0.762. The van der Waals surface area contributed by atoms with Crippen molar-refractivity contribution in [2.45, 2.75) is 18.7 Å². The molecular formula is C20H26N2O5S. The number of anilines is 1. The summed E-state index contributed by atoms with van der Waals surface area (Å²) in [7, 11) is -3.62. The lowest BCUT2D eigenvalue weighted by atomic mass is 10.2. The lowest BCUT2D eigenvalue weighted by molar-refractivity contribution is 0.287. The molecular weight excluding hydrogens is 380 g/mol. The molecule has 1 aliphatic rings. The van der Waals surface area contributed by atoms with E-state index in [-0.39, 0.29) is 10.6 Å². The normalized spacial score (nSPS) is 15.4. The third-order valence-corrected chi connectivity index (χ3v) is 6.50. The van der Waals surface area contributed by atoms with Gasteiger partial charge in [0.25, 0.3) is 0 Å². The van der Waals surface area contributed by atoms with Gasteiger partial charge in [0.1, 0.15) is 5.75 Å². The molecule has 3 rings (SSSR count). The molecule has 1 fully saturated rings. The summed E-state index contributed by atoms with van der Waals surface area (Å²) in [6.07, 6.45) is 0. The molecule has 0 aliphatic carbocycles. The van der Waals surface area contributed by atoms with E-state index >= 15 is 0 Å². The van der Waals surface area contributed by atoms with Crippen LogP contribution < -0.4 is 14.4 Å². The highest BCUT2D eigenvalue weighted by Gasteiger charge is 2.29. The Bertz CT molecular complexity index is 891. The van der Waals surface area contributed by atoms with E-state index in [9.17, 15) is 13.5 Å². The molecule has 0 aromatic heterocycles. The van der Waals surface area contributed by atoms with E-state index in [1.54, 1.807) is 24.3 Å². The molecule has 7 nitrogen and oxygen atoms in total. The fraction of sp³-hybridized carbons (Fsp3) is 0.400.